The summed E-state index contributed by atoms with van der Waals surface area (Å²) in [5.74, 6) is 2.63. The summed E-state index contributed by atoms with van der Waals surface area (Å²) < 4.78 is 17.3. The predicted molar refractivity (Wildman–Crippen MR) is 100 cm³/mol. The van der Waals surface area contributed by atoms with Crippen LogP contribution in [0.25, 0.3) is 0 Å². The average Bonchev–Trinajstić information content (AvgIpc) is 3.26. The molecule has 2 heterocycles. The van der Waals surface area contributed by atoms with Crippen LogP contribution in [0.1, 0.15) is 29.9 Å². The molecule has 1 N–H and O–H groups in total. The Bertz CT molecular complexity index is 678. The number of benzene rings is 1. The minimum Gasteiger partial charge on any atom is -0.491 e. The minimum absolute atomic E-state index is 0.232. The molecule has 2 aromatic rings. The van der Waals surface area contributed by atoms with Gasteiger partial charge in [0.05, 0.1) is 12.6 Å². The summed E-state index contributed by atoms with van der Waals surface area (Å²) in [4.78, 5) is 2.19. The van der Waals surface area contributed by atoms with Gasteiger partial charge in [-0.05, 0) is 50.5 Å². The van der Waals surface area contributed by atoms with E-state index in [0.29, 0.717) is 13.1 Å². The molecule has 26 heavy (non-hydrogen) atoms. The Morgan fingerprint density at radius 3 is 2.77 bits per heavy atom. The Morgan fingerprint density at radius 1 is 1.23 bits per heavy atom. The first-order valence-corrected chi connectivity index (χ1v) is 9.36. The van der Waals surface area contributed by atoms with E-state index in [4.69, 9.17) is 13.9 Å². The van der Waals surface area contributed by atoms with Crippen LogP contribution < -0.4 is 4.74 Å². The van der Waals surface area contributed by atoms with Crippen molar-refractivity contribution in [2.24, 2.45) is 0 Å². The summed E-state index contributed by atoms with van der Waals surface area (Å²) in [6.07, 6.45) is 1.84. The lowest BCUT2D eigenvalue weighted by molar-refractivity contribution is 0.0289. The summed E-state index contributed by atoms with van der Waals surface area (Å²) in [5, 5.41) is 10.5. The smallest absolute Gasteiger partial charge is 0.122 e. The molecule has 0 radical (unpaired) electrons. The molecule has 1 aliphatic rings. The third kappa shape index (κ3) is 5.59. The number of hydrogen-bond acceptors (Lipinski definition) is 5. The van der Waals surface area contributed by atoms with E-state index in [1.165, 1.54) is 0 Å². The van der Waals surface area contributed by atoms with Crippen LogP contribution in [0.5, 0.6) is 5.75 Å². The van der Waals surface area contributed by atoms with Gasteiger partial charge < -0.3 is 19.0 Å². The SMILES string of the molecule is Cc1ccc(CN(C[C@@H](O)COc2ccccc2C)C[C@H]2CCCO2)o1. The van der Waals surface area contributed by atoms with Crippen molar-refractivity contribution in [2.45, 2.75) is 45.4 Å². The summed E-state index contributed by atoms with van der Waals surface area (Å²) in [7, 11) is 0. The second kappa shape index (κ2) is 9.21. The molecule has 0 aliphatic carbocycles. The van der Waals surface area contributed by atoms with Gasteiger partial charge in [0.1, 0.15) is 30.0 Å². The highest BCUT2D eigenvalue weighted by atomic mass is 16.5. The van der Waals surface area contributed by atoms with Crippen molar-refractivity contribution in [2.75, 3.05) is 26.3 Å². The quantitative estimate of drug-likeness (QED) is 0.744. The number of furan rings is 1. The third-order valence-electron chi connectivity index (χ3n) is 4.66. The first-order valence-electron chi connectivity index (χ1n) is 9.36. The van der Waals surface area contributed by atoms with Gasteiger partial charge in [-0.1, -0.05) is 18.2 Å². The number of rotatable bonds is 9. The molecular weight excluding hydrogens is 330 g/mol. The molecule has 0 unspecified atom stereocenters. The lowest BCUT2D eigenvalue weighted by Gasteiger charge is -2.26. The van der Waals surface area contributed by atoms with Gasteiger partial charge >= 0.3 is 0 Å². The van der Waals surface area contributed by atoms with Gasteiger partial charge in [0, 0.05) is 19.7 Å². The van der Waals surface area contributed by atoms with Crippen LogP contribution in [0.15, 0.2) is 40.8 Å². The van der Waals surface area contributed by atoms with Crippen LogP contribution in [0, 0.1) is 13.8 Å². The summed E-state index contributed by atoms with van der Waals surface area (Å²) in [6.45, 7) is 7.02. The van der Waals surface area contributed by atoms with Crippen molar-refractivity contribution in [1.82, 2.24) is 4.90 Å². The van der Waals surface area contributed by atoms with E-state index < -0.39 is 6.10 Å². The average molecular weight is 359 g/mol. The molecule has 5 nitrogen and oxygen atoms in total. The van der Waals surface area contributed by atoms with Crippen molar-refractivity contribution >= 4 is 0 Å². The maximum atomic E-state index is 10.5. The van der Waals surface area contributed by atoms with E-state index in [1.807, 2.05) is 50.2 Å². The predicted octanol–water partition coefficient (Wildman–Crippen LogP) is 3.32. The van der Waals surface area contributed by atoms with Crippen LogP contribution in [0.2, 0.25) is 0 Å². The Labute approximate surface area is 155 Å². The largest absolute Gasteiger partial charge is 0.491 e. The van der Waals surface area contributed by atoms with Gasteiger partial charge in [-0.15, -0.1) is 0 Å². The fourth-order valence-corrected chi connectivity index (χ4v) is 3.33. The van der Waals surface area contributed by atoms with E-state index in [9.17, 15) is 5.11 Å². The van der Waals surface area contributed by atoms with E-state index in [2.05, 4.69) is 4.90 Å². The van der Waals surface area contributed by atoms with Gasteiger partial charge in [-0.3, -0.25) is 4.90 Å². The van der Waals surface area contributed by atoms with Crippen molar-refractivity contribution in [3.05, 3.63) is 53.5 Å². The summed E-state index contributed by atoms with van der Waals surface area (Å²) in [5.41, 5.74) is 1.07. The topological polar surface area (TPSA) is 55.1 Å². The zero-order valence-electron chi connectivity index (χ0n) is 15.7. The highest BCUT2D eigenvalue weighted by Crippen LogP contribution is 2.18. The molecule has 2 atom stereocenters. The van der Waals surface area contributed by atoms with Crippen LogP contribution in [0.4, 0.5) is 0 Å². The number of aliphatic hydroxyl groups excluding tert-OH is 1. The first kappa shape index (κ1) is 19.0. The number of ether oxygens (including phenoxy) is 2. The molecule has 3 rings (SSSR count). The Morgan fingerprint density at radius 2 is 2.08 bits per heavy atom. The molecule has 1 aliphatic heterocycles. The molecule has 1 saturated heterocycles. The van der Waals surface area contributed by atoms with Gasteiger partial charge in [0.2, 0.25) is 0 Å². The maximum Gasteiger partial charge on any atom is 0.122 e. The molecule has 0 bridgehead atoms. The highest BCUT2D eigenvalue weighted by molar-refractivity contribution is 5.31. The molecule has 0 amide bonds. The van der Waals surface area contributed by atoms with Crippen LogP contribution >= 0.6 is 0 Å². The fraction of sp³-hybridized carbons (Fsp3) is 0.524. The third-order valence-corrected chi connectivity index (χ3v) is 4.66. The number of hydrogen-bond donors (Lipinski definition) is 1. The molecule has 142 valence electrons. The number of aryl methyl sites for hydroxylation is 2. The first-order chi connectivity index (χ1) is 12.6. The molecular formula is C21H29NO4. The van der Waals surface area contributed by atoms with Crippen LogP contribution in [-0.2, 0) is 11.3 Å². The number of nitrogens with zero attached hydrogens (tertiary/aromatic N) is 1. The normalized spacial score (nSPS) is 18.4. The summed E-state index contributed by atoms with van der Waals surface area (Å²) >= 11 is 0. The zero-order valence-corrected chi connectivity index (χ0v) is 15.7. The Hall–Kier alpha value is -1.82. The van der Waals surface area contributed by atoms with Gasteiger partial charge in [-0.25, -0.2) is 0 Å². The standard InChI is InChI=1S/C21H29NO4/c1-16-6-3-4-8-21(16)25-15-18(23)12-22(13-19-7-5-11-24-19)14-20-10-9-17(2)26-20/h3-4,6,8-10,18-19,23H,5,7,11-15H2,1-2H3/t18-,19-/m1/s1. The van der Waals surface area contributed by atoms with Gasteiger partial charge in [0.15, 0.2) is 0 Å². The second-order valence-electron chi connectivity index (χ2n) is 7.07. The highest BCUT2D eigenvalue weighted by Gasteiger charge is 2.22. The number of para-hydroxylation sites is 1. The molecule has 1 fully saturated rings. The van der Waals surface area contributed by atoms with Gasteiger partial charge in [0.25, 0.3) is 0 Å². The molecule has 1 aromatic carbocycles. The zero-order chi connectivity index (χ0) is 18.4. The molecule has 1 aromatic heterocycles. The van der Waals surface area contributed by atoms with Crippen LogP contribution in [-0.4, -0.2) is 48.5 Å². The van der Waals surface area contributed by atoms with E-state index in [0.717, 1.165) is 48.8 Å². The molecule has 5 heteroatoms. The monoisotopic (exact) mass is 359 g/mol. The lowest BCUT2D eigenvalue weighted by atomic mass is 10.2. The maximum absolute atomic E-state index is 10.5. The molecule has 0 saturated carbocycles. The van der Waals surface area contributed by atoms with Crippen molar-refractivity contribution in [3.8, 4) is 5.75 Å². The molecule has 0 spiro atoms. The van der Waals surface area contributed by atoms with Crippen molar-refractivity contribution in [3.63, 3.8) is 0 Å². The van der Waals surface area contributed by atoms with E-state index in [1.54, 1.807) is 0 Å². The van der Waals surface area contributed by atoms with E-state index >= 15 is 0 Å². The number of aliphatic hydroxyl groups is 1. The van der Waals surface area contributed by atoms with E-state index in [-0.39, 0.29) is 12.7 Å². The van der Waals surface area contributed by atoms with Crippen molar-refractivity contribution in [1.29, 1.82) is 0 Å². The second-order valence-corrected chi connectivity index (χ2v) is 7.07. The fourth-order valence-electron chi connectivity index (χ4n) is 3.33. The van der Waals surface area contributed by atoms with Crippen molar-refractivity contribution < 1.29 is 19.0 Å². The Kier molecular flexibility index (Phi) is 6.72. The summed E-state index contributed by atoms with van der Waals surface area (Å²) in [6, 6.07) is 11.8. The lowest BCUT2D eigenvalue weighted by Crippen LogP contribution is -2.39. The van der Waals surface area contributed by atoms with Gasteiger partial charge in [-0.2, -0.15) is 0 Å². The Balaban J connectivity index is 1.55. The van der Waals surface area contributed by atoms with Crippen LogP contribution in [0.3, 0.4) is 0 Å². The minimum atomic E-state index is -0.577.